The Morgan fingerprint density at radius 1 is 1.29 bits per heavy atom. The number of aliphatic hydroxyl groups excluding tert-OH is 3. The molecule has 0 aliphatic carbocycles. The van der Waals surface area contributed by atoms with Gasteiger partial charge in [-0.3, -0.25) is 0 Å². The lowest BCUT2D eigenvalue weighted by Crippen LogP contribution is -2.33. The summed E-state index contributed by atoms with van der Waals surface area (Å²) in [6, 6.07) is 0. The summed E-state index contributed by atoms with van der Waals surface area (Å²) in [5.74, 6) is 0.937. The van der Waals surface area contributed by atoms with Crippen molar-refractivity contribution in [2.24, 2.45) is 10.8 Å². The van der Waals surface area contributed by atoms with Crippen LogP contribution in [0.1, 0.15) is 18.7 Å². The molecule has 0 spiro atoms. The predicted molar refractivity (Wildman–Crippen MR) is 84.3 cm³/mol. The first-order valence-corrected chi connectivity index (χ1v) is 7.66. The molecule has 2 aromatic heterocycles. The lowest BCUT2D eigenvalue weighted by molar-refractivity contribution is -0.0508. The average molecular weight is 334 g/mol. The molecule has 1 saturated heterocycles. The van der Waals surface area contributed by atoms with Crippen LogP contribution in [0, 0.1) is 0 Å². The zero-order chi connectivity index (χ0) is 17.0. The molecule has 2 aliphatic rings. The van der Waals surface area contributed by atoms with Crippen molar-refractivity contribution >= 4 is 22.7 Å². The van der Waals surface area contributed by atoms with Crippen LogP contribution in [-0.4, -0.2) is 67.2 Å². The normalized spacial score (nSPS) is 29.3. The van der Waals surface area contributed by atoms with Gasteiger partial charge in [-0.15, -0.1) is 0 Å². The van der Waals surface area contributed by atoms with E-state index in [0.29, 0.717) is 34.8 Å². The first-order valence-electron chi connectivity index (χ1n) is 7.66. The molecular formula is C14H18N6O4. The molecule has 4 rings (SSSR count). The first kappa shape index (κ1) is 15.3. The number of nitrogens with two attached hydrogens (primary N) is 1. The van der Waals surface area contributed by atoms with Gasteiger partial charge in [-0.05, 0) is 6.92 Å². The highest BCUT2D eigenvalue weighted by molar-refractivity contribution is 6.13. The highest BCUT2D eigenvalue weighted by atomic mass is 16.6. The van der Waals surface area contributed by atoms with E-state index in [1.165, 1.54) is 6.33 Å². The topological polar surface area (TPSA) is 142 Å². The largest absolute Gasteiger partial charge is 0.394 e. The first-order chi connectivity index (χ1) is 11.6. The second kappa shape index (κ2) is 5.38. The Kier molecular flexibility index (Phi) is 3.42. The molecule has 4 heterocycles. The van der Waals surface area contributed by atoms with Gasteiger partial charge in [0.1, 0.15) is 30.3 Å². The molecule has 10 heteroatoms. The molecular weight excluding hydrogens is 316 g/mol. The summed E-state index contributed by atoms with van der Waals surface area (Å²) in [5.41, 5.74) is 7.20. The Bertz CT molecular complexity index is 821. The number of ether oxygens (including phenoxy) is 1. The Hall–Kier alpha value is -2.27. The second-order valence-corrected chi connectivity index (χ2v) is 5.78. The van der Waals surface area contributed by atoms with Crippen molar-refractivity contribution in [3.05, 3.63) is 18.1 Å². The number of aliphatic hydroxyl groups is 3. The zero-order valence-corrected chi connectivity index (χ0v) is 12.9. The van der Waals surface area contributed by atoms with E-state index in [2.05, 4.69) is 15.1 Å². The van der Waals surface area contributed by atoms with Crippen LogP contribution >= 0.6 is 0 Å². The maximum Gasteiger partial charge on any atom is 0.164 e. The lowest BCUT2D eigenvalue weighted by atomic mass is 10.1. The summed E-state index contributed by atoms with van der Waals surface area (Å²) in [7, 11) is 0. The van der Waals surface area contributed by atoms with E-state index in [0.717, 1.165) is 0 Å². The number of nitrogens with zero attached hydrogens (tertiary/aromatic N) is 5. The van der Waals surface area contributed by atoms with Gasteiger partial charge in [0.05, 0.1) is 12.0 Å². The number of hydrogen-bond donors (Lipinski definition) is 4. The Morgan fingerprint density at radius 2 is 2.08 bits per heavy atom. The Balaban J connectivity index is 1.88. The monoisotopic (exact) mass is 334 g/mol. The van der Waals surface area contributed by atoms with E-state index in [1.807, 2.05) is 6.92 Å². The van der Waals surface area contributed by atoms with Gasteiger partial charge in [-0.2, -0.15) is 5.10 Å². The summed E-state index contributed by atoms with van der Waals surface area (Å²) in [6.07, 6.45) is -1.07. The summed E-state index contributed by atoms with van der Waals surface area (Å²) in [6.45, 7) is 2.12. The third-order valence-electron chi connectivity index (χ3n) is 4.43. The average Bonchev–Trinajstić information content (AvgIpc) is 3.11. The van der Waals surface area contributed by atoms with E-state index < -0.39 is 31.1 Å². The van der Waals surface area contributed by atoms with Crippen molar-refractivity contribution in [2.75, 3.05) is 18.2 Å². The van der Waals surface area contributed by atoms with Crippen LogP contribution in [0.15, 0.2) is 17.6 Å². The molecule has 2 aromatic rings. The van der Waals surface area contributed by atoms with Gasteiger partial charge in [-0.25, -0.2) is 15.0 Å². The van der Waals surface area contributed by atoms with Crippen LogP contribution in [0.4, 0.5) is 5.82 Å². The maximum absolute atomic E-state index is 10.3. The van der Waals surface area contributed by atoms with Crippen LogP contribution in [0.2, 0.25) is 0 Å². The van der Waals surface area contributed by atoms with Crippen LogP contribution in [0.3, 0.4) is 0 Å². The number of anilines is 1. The molecule has 0 aromatic carbocycles. The van der Waals surface area contributed by atoms with Gasteiger partial charge in [0.15, 0.2) is 17.9 Å². The SMILES string of the molecule is CCN1N=C(N)c2cn([C@@H]3O[C@H](CO)[C@@H](O)[C@H]3O)c3ncnc1c23. The number of aromatic nitrogens is 3. The maximum atomic E-state index is 10.3. The van der Waals surface area contributed by atoms with Crippen LogP contribution in [0.5, 0.6) is 0 Å². The molecule has 0 unspecified atom stereocenters. The van der Waals surface area contributed by atoms with Gasteiger partial charge in [-0.1, -0.05) is 0 Å². The fourth-order valence-electron chi connectivity index (χ4n) is 3.21. The summed E-state index contributed by atoms with van der Waals surface area (Å²) in [5, 5.41) is 36.2. The summed E-state index contributed by atoms with van der Waals surface area (Å²) < 4.78 is 7.19. The molecule has 0 amide bonds. The van der Waals surface area contributed by atoms with Crippen molar-refractivity contribution in [1.29, 1.82) is 0 Å². The summed E-state index contributed by atoms with van der Waals surface area (Å²) >= 11 is 0. The van der Waals surface area contributed by atoms with E-state index in [4.69, 9.17) is 10.5 Å². The standard InChI is InChI=1S/C14H18N6O4/c1-2-20-13-8-6(11(15)18-20)3-19(12(8)16-5-17-13)14-10(23)9(22)7(4-21)24-14/h3,5,7,9-10,14,21-23H,2,4H2,1H3,(H2,15,18)/t7-,9-,10-,14-/m1/s1. The zero-order valence-electron chi connectivity index (χ0n) is 12.9. The second-order valence-electron chi connectivity index (χ2n) is 5.78. The quantitative estimate of drug-likeness (QED) is 0.531. The van der Waals surface area contributed by atoms with Crippen molar-refractivity contribution < 1.29 is 20.1 Å². The molecule has 0 bridgehead atoms. The highest BCUT2D eigenvalue weighted by Crippen LogP contribution is 2.37. The van der Waals surface area contributed by atoms with Crippen molar-refractivity contribution in [3.8, 4) is 0 Å². The molecule has 4 atom stereocenters. The van der Waals surface area contributed by atoms with Crippen LogP contribution < -0.4 is 10.7 Å². The molecule has 24 heavy (non-hydrogen) atoms. The molecule has 1 fully saturated rings. The minimum atomic E-state index is -1.20. The van der Waals surface area contributed by atoms with Gasteiger partial charge in [0, 0.05) is 18.3 Å². The number of rotatable bonds is 3. The smallest absolute Gasteiger partial charge is 0.164 e. The van der Waals surface area contributed by atoms with E-state index in [1.54, 1.807) is 15.8 Å². The molecule has 2 aliphatic heterocycles. The van der Waals surface area contributed by atoms with Crippen molar-refractivity contribution in [3.63, 3.8) is 0 Å². The molecule has 10 nitrogen and oxygen atoms in total. The predicted octanol–water partition coefficient (Wildman–Crippen LogP) is -1.50. The van der Waals surface area contributed by atoms with Gasteiger partial charge < -0.3 is 30.4 Å². The van der Waals surface area contributed by atoms with Crippen LogP contribution in [0.25, 0.3) is 11.0 Å². The number of hydrogen-bond acceptors (Lipinski definition) is 9. The lowest BCUT2D eigenvalue weighted by Gasteiger charge is -2.21. The van der Waals surface area contributed by atoms with E-state index in [-0.39, 0.29) is 0 Å². The Labute approximate surface area is 136 Å². The molecule has 128 valence electrons. The van der Waals surface area contributed by atoms with Gasteiger partial charge in [0.25, 0.3) is 0 Å². The van der Waals surface area contributed by atoms with Gasteiger partial charge in [0.2, 0.25) is 0 Å². The number of amidine groups is 1. The third-order valence-corrected chi connectivity index (χ3v) is 4.43. The number of hydrazone groups is 1. The Morgan fingerprint density at radius 3 is 2.75 bits per heavy atom. The molecule has 5 N–H and O–H groups in total. The molecule has 0 radical (unpaired) electrons. The van der Waals surface area contributed by atoms with E-state index >= 15 is 0 Å². The third kappa shape index (κ3) is 1.94. The van der Waals surface area contributed by atoms with Crippen molar-refractivity contribution in [1.82, 2.24) is 14.5 Å². The minimum absolute atomic E-state index is 0.314. The van der Waals surface area contributed by atoms with E-state index in [9.17, 15) is 15.3 Å². The summed E-state index contributed by atoms with van der Waals surface area (Å²) in [4.78, 5) is 8.56. The van der Waals surface area contributed by atoms with Gasteiger partial charge >= 0.3 is 0 Å². The van der Waals surface area contributed by atoms with Crippen LogP contribution in [-0.2, 0) is 4.74 Å². The highest BCUT2D eigenvalue weighted by Gasteiger charge is 2.44. The minimum Gasteiger partial charge on any atom is -0.394 e. The fraction of sp³-hybridized carbons (Fsp3) is 0.500. The van der Waals surface area contributed by atoms with Crippen molar-refractivity contribution in [2.45, 2.75) is 31.5 Å². The fourth-order valence-corrected chi connectivity index (χ4v) is 3.21. The molecule has 0 saturated carbocycles.